The van der Waals surface area contributed by atoms with Gasteiger partial charge in [-0.1, -0.05) is 6.07 Å². The molecular weight excluding hydrogens is 320 g/mol. The van der Waals surface area contributed by atoms with Gasteiger partial charge in [-0.2, -0.15) is 8.75 Å². The largest absolute Gasteiger partial charge is 0.548 e. The Hall–Kier alpha value is -2.11. The molecule has 2 rings (SSSR count). The van der Waals surface area contributed by atoms with E-state index in [0.29, 0.717) is 5.52 Å². The molecule has 0 spiro atoms. The summed E-state index contributed by atoms with van der Waals surface area (Å²) >= 11 is 0.824. The Morgan fingerprint density at radius 1 is 1.38 bits per heavy atom. The van der Waals surface area contributed by atoms with E-state index in [4.69, 9.17) is 5.73 Å². The number of amides is 1. The summed E-state index contributed by atoms with van der Waals surface area (Å²) in [6.45, 7) is 0. The topological polar surface area (TPSA) is 155 Å². The Morgan fingerprint density at radius 2 is 2.10 bits per heavy atom. The molecule has 11 heteroatoms. The number of carbonyl (C=O) groups is 2. The third-order valence-corrected chi connectivity index (χ3v) is 4.57. The number of rotatable bonds is 6. The fourth-order valence-electron chi connectivity index (χ4n) is 1.62. The van der Waals surface area contributed by atoms with E-state index in [-0.39, 0.29) is 10.4 Å². The van der Waals surface area contributed by atoms with Crippen molar-refractivity contribution in [1.29, 1.82) is 0 Å². The number of sulfonamides is 1. The molecule has 1 atom stereocenters. The van der Waals surface area contributed by atoms with Crippen molar-refractivity contribution in [3.05, 3.63) is 18.2 Å². The summed E-state index contributed by atoms with van der Waals surface area (Å²) in [4.78, 5) is 21.4. The van der Waals surface area contributed by atoms with Crippen LogP contribution in [0.15, 0.2) is 23.1 Å². The van der Waals surface area contributed by atoms with Crippen LogP contribution in [0.2, 0.25) is 0 Å². The van der Waals surface area contributed by atoms with E-state index in [9.17, 15) is 23.1 Å². The van der Waals surface area contributed by atoms with Crippen molar-refractivity contribution in [3.8, 4) is 0 Å². The summed E-state index contributed by atoms with van der Waals surface area (Å²) in [5.74, 6) is -2.72. The Bertz CT molecular complexity index is 801. The SMILES string of the molecule is NC(=O)C[C@@H](NS(=O)(=O)c1cccc2nsnc12)C(=O)[O-]. The van der Waals surface area contributed by atoms with E-state index in [0.717, 1.165) is 11.7 Å². The van der Waals surface area contributed by atoms with Crippen LogP contribution in [0.4, 0.5) is 0 Å². The van der Waals surface area contributed by atoms with Crippen molar-refractivity contribution in [2.75, 3.05) is 0 Å². The number of primary amides is 1. The van der Waals surface area contributed by atoms with E-state index in [1.54, 1.807) is 6.07 Å². The number of nitrogens with one attached hydrogen (secondary N) is 1. The minimum Gasteiger partial charge on any atom is -0.548 e. The molecule has 1 aromatic heterocycles. The first-order valence-corrected chi connectivity index (χ1v) is 7.75. The second kappa shape index (κ2) is 5.71. The lowest BCUT2D eigenvalue weighted by atomic mass is 10.2. The zero-order chi connectivity index (χ0) is 15.6. The van der Waals surface area contributed by atoms with Crippen molar-refractivity contribution in [1.82, 2.24) is 13.5 Å². The number of carboxylic acids is 1. The Morgan fingerprint density at radius 3 is 2.71 bits per heavy atom. The lowest BCUT2D eigenvalue weighted by molar-refractivity contribution is -0.308. The van der Waals surface area contributed by atoms with Gasteiger partial charge in [-0.3, -0.25) is 4.79 Å². The first-order chi connectivity index (χ1) is 9.81. The first kappa shape index (κ1) is 15.3. The maximum atomic E-state index is 12.2. The van der Waals surface area contributed by atoms with Crippen LogP contribution in [0.5, 0.6) is 0 Å². The van der Waals surface area contributed by atoms with E-state index in [1.807, 2.05) is 4.72 Å². The fourth-order valence-corrected chi connectivity index (χ4v) is 3.57. The maximum Gasteiger partial charge on any atom is 0.243 e. The number of aliphatic carboxylic acids is 1. The molecule has 0 aliphatic carbocycles. The molecule has 0 unspecified atom stereocenters. The Balaban J connectivity index is 2.39. The summed E-state index contributed by atoms with van der Waals surface area (Å²) in [6.07, 6.45) is -0.715. The number of hydrogen-bond acceptors (Lipinski definition) is 8. The molecule has 1 amide bonds. The van der Waals surface area contributed by atoms with Gasteiger partial charge in [-0.15, -0.1) is 0 Å². The molecule has 0 aliphatic heterocycles. The monoisotopic (exact) mass is 329 g/mol. The number of benzene rings is 1. The molecule has 3 N–H and O–H groups in total. The second-order valence-corrected chi connectivity index (χ2v) is 6.26. The van der Waals surface area contributed by atoms with Gasteiger partial charge in [0.1, 0.15) is 15.9 Å². The Kier molecular flexibility index (Phi) is 4.16. The van der Waals surface area contributed by atoms with Crippen molar-refractivity contribution in [3.63, 3.8) is 0 Å². The van der Waals surface area contributed by atoms with Crippen LogP contribution >= 0.6 is 11.7 Å². The van der Waals surface area contributed by atoms with Crippen molar-refractivity contribution in [2.45, 2.75) is 17.4 Å². The van der Waals surface area contributed by atoms with Gasteiger partial charge < -0.3 is 15.6 Å². The van der Waals surface area contributed by atoms with Crippen molar-refractivity contribution >= 4 is 44.7 Å². The number of nitrogens with two attached hydrogens (primary N) is 1. The van der Waals surface area contributed by atoms with E-state index >= 15 is 0 Å². The zero-order valence-electron chi connectivity index (χ0n) is 10.3. The zero-order valence-corrected chi connectivity index (χ0v) is 12.0. The van der Waals surface area contributed by atoms with Gasteiger partial charge >= 0.3 is 0 Å². The minimum atomic E-state index is -4.22. The summed E-state index contributed by atoms with van der Waals surface area (Å²) < 4.78 is 34.1. The van der Waals surface area contributed by atoms with Gasteiger partial charge in [0.25, 0.3) is 0 Å². The van der Waals surface area contributed by atoms with Crippen LogP contribution in [-0.2, 0) is 19.6 Å². The quantitative estimate of drug-likeness (QED) is 0.618. The molecule has 1 aromatic carbocycles. The highest BCUT2D eigenvalue weighted by Crippen LogP contribution is 2.21. The number of carboxylic acid groups (broad SMARTS) is 1. The highest BCUT2D eigenvalue weighted by Gasteiger charge is 2.25. The molecule has 0 saturated carbocycles. The van der Waals surface area contributed by atoms with Crippen LogP contribution in [0.25, 0.3) is 11.0 Å². The van der Waals surface area contributed by atoms with Crippen LogP contribution in [0, 0.1) is 0 Å². The Labute approximate surface area is 123 Å². The van der Waals surface area contributed by atoms with Crippen LogP contribution < -0.4 is 15.6 Å². The van der Waals surface area contributed by atoms with E-state index < -0.39 is 34.4 Å². The van der Waals surface area contributed by atoms with Crippen LogP contribution in [0.3, 0.4) is 0 Å². The molecular formula is C10H9N4O5S2-. The number of nitrogens with zero attached hydrogens (tertiary/aromatic N) is 2. The average molecular weight is 329 g/mol. The molecule has 21 heavy (non-hydrogen) atoms. The van der Waals surface area contributed by atoms with Gasteiger partial charge in [0, 0.05) is 6.42 Å². The first-order valence-electron chi connectivity index (χ1n) is 5.54. The van der Waals surface area contributed by atoms with Gasteiger partial charge in [0.15, 0.2) is 0 Å². The maximum absolute atomic E-state index is 12.2. The molecule has 0 fully saturated rings. The summed E-state index contributed by atoms with van der Waals surface area (Å²) in [7, 11) is -4.22. The standard InChI is InChI=1S/C10H10N4O5S2/c11-8(15)4-6(10(16)17)14-21(18,19)7-3-1-2-5-9(7)13-20-12-5/h1-3,6,14H,4H2,(H2,11,15)(H,16,17)/p-1/t6-/m1/s1. The summed E-state index contributed by atoms with van der Waals surface area (Å²) in [5, 5.41) is 10.9. The highest BCUT2D eigenvalue weighted by atomic mass is 32.2. The molecule has 1 heterocycles. The van der Waals surface area contributed by atoms with Crippen molar-refractivity contribution in [2.24, 2.45) is 5.73 Å². The smallest absolute Gasteiger partial charge is 0.243 e. The van der Waals surface area contributed by atoms with Crippen molar-refractivity contribution < 1.29 is 23.1 Å². The average Bonchev–Trinajstić information content (AvgIpc) is 2.84. The van der Waals surface area contributed by atoms with Crippen LogP contribution in [0.1, 0.15) is 6.42 Å². The molecule has 0 radical (unpaired) electrons. The van der Waals surface area contributed by atoms with Crippen LogP contribution in [-0.4, -0.2) is 35.1 Å². The molecule has 0 saturated heterocycles. The summed E-state index contributed by atoms with van der Waals surface area (Å²) in [6, 6.07) is 2.51. The predicted octanol–water partition coefficient (Wildman–Crippen LogP) is -2.04. The van der Waals surface area contributed by atoms with Gasteiger partial charge in [-0.25, -0.2) is 13.1 Å². The molecule has 0 bridgehead atoms. The predicted molar refractivity (Wildman–Crippen MR) is 70.3 cm³/mol. The number of hydrogen-bond donors (Lipinski definition) is 2. The molecule has 9 nitrogen and oxygen atoms in total. The highest BCUT2D eigenvalue weighted by molar-refractivity contribution is 7.89. The molecule has 0 aliphatic rings. The third-order valence-electron chi connectivity index (χ3n) is 2.53. The number of carbonyl (C=O) groups excluding carboxylic acids is 2. The minimum absolute atomic E-state index is 0.117. The van der Waals surface area contributed by atoms with E-state index in [1.165, 1.54) is 12.1 Å². The second-order valence-electron chi connectivity index (χ2n) is 4.05. The summed E-state index contributed by atoms with van der Waals surface area (Å²) in [5.41, 5.74) is 5.36. The van der Waals surface area contributed by atoms with Gasteiger partial charge in [0.2, 0.25) is 15.9 Å². The molecule has 2 aromatic rings. The fraction of sp³-hybridized carbons (Fsp3) is 0.200. The normalized spacial score (nSPS) is 13.1. The molecule has 112 valence electrons. The number of fused-ring (bicyclic) bond motifs is 1. The van der Waals surface area contributed by atoms with E-state index in [2.05, 4.69) is 8.75 Å². The third kappa shape index (κ3) is 3.32. The number of aromatic nitrogens is 2. The lowest BCUT2D eigenvalue weighted by Gasteiger charge is -2.18. The van der Waals surface area contributed by atoms with Gasteiger partial charge in [-0.05, 0) is 12.1 Å². The van der Waals surface area contributed by atoms with Gasteiger partial charge in [0.05, 0.1) is 23.7 Å². The lowest BCUT2D eigenvalue weighted by Crippen LogP contribution is -2.49.